The first kappa shape index (κ1) is 21.3. The van der Waals surface area contributed by atoms with Crippen LogP contribution in [0.25, 0.3) is 0 Å². The smallest absolute Gasteiger partial charge is 0.345 e. The fraction of sp³-hybridized carbons (Fsp3) is 0.318. The van der Waals surface area contributed by atoms with Gasteiger partial charge in [0, 0.05) is 23.0 Å². The molecular formula is C22H25NO4S2. The summed E-state index contributed by atoms with van der Waals surface area (Å²) in [6.45, 7) is 0. The van der Waals surface area contributed by atoms with Gasteiger partial charge in [-0.1, -0.05) is 30.3 Å². The number of aromatic carboxylic acids is 1. The van der Waals surface area contributed by atoms with Crippen LogP contribution in [-0.2, 0) is 27.4 Å². The Bertz CT molecular complexity index is 1040. The number of carbonyl (C=O) groups is 1. The van der Waals surface area contributed by atoms with Gasteiger partial charge in [-0.15, -0.1) is 11.3 Å². The van der Waals surface area contributed by atoms with Gasteiger partial charge in [0.15, 0.2) is 9.84 Å². The lowest BCUT2D eigenvalue weighted by molar-refractivity contribution is 0.0702. The second kappa shape index (κ2) is 8.97. The predicted octanol–water partition coefficient (Wildman–Crippen LogP) is 4.67. The van der Waals surface area contributed by atoms with Crippen LogP contribution in [0, 0.1) is 0 Å². The van der Waals surface area contributed by atoms with Gasteiger partial charge in [0.05, 0.1) is 0 Å². The summed E-state index contributed by atoms with van der Waals surface area (Å²) in [5, 5.41) is 9.14. The van der Waals surface area contributed by atoms with Gasteiger partial charge < -0.3 is 10.1 Å². The normalized spacial score (nSPS) is 13.8. The van der Waals surface area contributed by atoms with E-state index in [0.29, 0.717) is 25.0 Å². The number of sulfone groups is 1. The highest BCUT2D eigenvalue weighted by molar-refractivity contribution is 7.91. The van der Waals surface area contributed by atoms with Crippen LogP contribution in [-0.4, -0.2) is 30.7 Å². The zero-order valence-electron chi connectivity index (χ0n) is 16.3. The first-order chi connectivity index (χ1) is 13.8. The summed E-state index contributed by atoms with van der Waals surface area (Å²) in [5.74, 6) is -0.956. The average molecular weight is 432 g/mol. The maximum absolute atomic E-state index is 13.0. The number of benzene rings is 1. The molecular weight excluding hydrogens is 406 g/mol. The number of nitrogens with one attached hydrogen (secondary N) is 1. The van der Waals surface area contributed by atoms with Crippen molar-refractivity contribution in [1.29, 1.82) is 0 Å². The van der Waals surface area contributed by atoms with Crippen LogP contribution in [0.1, 0.15) is 45.1 Å². The van der Waals surface area contributed by atoms with Crippen LogP contribution < -0.4 is 0 Å². The standard InChI is InChI=1S/C22H25NO4S2/c1-29(26,27)22(20-10-6-16-23-20,14-5-9-17-7-3-2-4-8-17)15-13-18-11-12-19(28-18)21(24)25/h2-4,6-8,10-12,16,23H,5,9,13-15H2,1H3,(H,24,25). The van der Waals surface area contributed by atoms with Crippen molar-refractivity contribution in [1.82, 2.24) is 4.98 Å². The van der Waals surface area contributed by atoms with E-state index < -0.39 is 20.6 Å². The van der Waals surface area contributed by atoms with Gasteiger partial charge in [-0.05, 0) is 61.9 Å². The van der Waals surface area contributed by atoms with Gasteiger partial charge in [-0.2, -0.15) is 0 Å². The maximum atomic E-state index is 13.0. The predicted molar refractivity (Wildman–Crippen MR) is 116 cm³/mol. The summed E-state index contributed by atoms with van der Waals surface area (Å²) >= 11 is 1.21. The Labute approximate surface area is 175 Å². The largest absolute Gasteiger partial charge is 0.477 e. The lowest BCUT2D eigenvalue weighted by Gasteiger charge is -2.31. The minimum Gasteiger partial charge on any atom is -0.477 e. The molecule has 0 aliphatic carbocycles. The number of aromatic nitrogens is 1. The molecule has 2 aromatic heterocycles. The van der Waals surface area contributed by atoms with Gasteiger partial charge in [0.25, 0.3) is 0 Å². The molecule has 0 saturated carbocycles. The van der Waals surface area contributed by atoms with E-state index in [4.69, 9.17) is 5.11 Å². The monoisotopic (exact) mass is 431 g/mol. The number of aryl methyl sites for hydroxylation is 2. The molecule has 1 atom stereocenters. The van der Waals surface area contributed by atoms with Gasteiger partial charge in [0.1, 0.15) is 9.62 Å². The van der Waals surface area contributed by atoms with E-state index in [9.17, 15) is 13.2 Å². The van der Waals surface area contributed by atoms with E-state index >= 15 is 0 Å². The Morgan fingerprint density at radius 2 is 1.79 bits per heavy atom. The molecule has 0 saturated heterocycles. The van der Waals surface area contributed by atoms with Crippen LogP contribution in [0.5, 0.6) is 0 Å². The molecule has 5 nitrogen and oxygen atoms in total. The van der Waals surface area contributed by atoms with E-state index in [2.05, 4.69) is 17.1 Å². The van der Waals surface area contributed by atoms with Crippen molar-refractivity contribution in [2.45, 2.75) is 36.9 Å². The molecule has 0 fully saturated rings. The number of aromatic amines is 1. The first-order valence-corrected chi connectivity index (χ1v) is 12.2. The number of hydrogen-bond acceptors (Lipinski definition) is 4. The molecule has 3 aromatic rings. The minimum absolute atomic E-state index is 0.272. The molecule has 0 bridgehead atoms. The molecule has 2 heterocycles. The van der Waals surface area contributed by atoms with E-state index in [1.807, 2.05) is 30.3 Å². The highest BCUT2D eigenvalue weighted by Gasteiger charge is 2.42. The van der Waals surface area contributed by atoms with E-state index in [0.717, 1.165) is 17.7 Å². The van der Waals surface area contributed by atoms with Crippen molar-refractivity contribution < 1.29 is 18.3 Å². The van der Waals surface area contributed by atoms with E-state index in [1.54, 1.807) is 18.3 Å². The summed E-state index contributed by atoms with van der Waals surface area (Å²) in [5.41, 5.74) is 1.88. The second-order valence-electron chi connectivity index (χ2n) is 7.26. The summed E-state index contributed by atoms with van der Waals surface area (Å²) in [4.78, 5) is 15.4. The highest BCUT2D eigenvalue weighted by Crippen LogP contribution is 2.39. The number of carboxylic acids is 1. The lowest BCUT2D eigenvalue weighted by atomic mass is 9.91. The summed E-state index contributed by atoms with van der Waals surface area (Å²) in [7, 11) is -3.43. The third-order valence-corrected chi connectivity index (χ3v) is 8.52. The van der Waals surface area contributed by atoms with Crippen LogP contribution in [0.15, 0.2) is 60.8 Å². The second-order valence-corrected chi connectivity index (χ2v) is 10.8. The molecule has 3 rings (SSSR count). The molecule has 2 N–H and O–H groups in total. The summed E-state index contributed by atoms with van der Waals surface area (Å²) in [6, 6.07) is 17.1. The molecule has 1 unspecified atom stereocenters. The average Bonchev–Trinajstić information content (AvgIpc) is 3.36. The number of carboxylic acid groups (broad SMARTS) is 1. The number of hydrogen-bond donors (Lipinski definition) is 2. The third-order valence-electron chi connectivity index (χ3n) is 5.34. The van der Waals surface area contributed by atoms with Crippen molar-refractivity contribution >= 4 is 27.1 Å². The molecule has 0 spiro atoms. The van der Waals surface area contributed by atoms with Crippen molar-refractivity contribution in [3.63, 3.8) is 0 Å². The quantitative estimate of drug-likeness (QED) is 0.488. The lowest BCUT2D eigenvalue weighted by Crippen LogP contribution is -2.36. The van der Waals surface area contributed by atoms with Crippen molar-refractivity contribution in [2.24, 2.45) is 0 Å². The Balaban J connectivity index is 1.84. The summed E-state index contributed by atoms with van der Waals surface area (Å²) < 4.78 is 25.0. The maximum Gasteiger partial charge on any atom is 0.345 e. The number of rotatable bonds is 10. The third kappa shape index (κ3) is 4.97. The highest BCUT2D eigenvalue weighted by atomic mass is 32.2. The molecule has 154 valence electrons. The van der Waals surface area contributed by atoms with Gasteiger partial charge >= 0.3 is 5.97 Å². The van der Waals surface area contributed by atoms with Crippen LogP contribution in [0.2, 0.25) is 0 Å². The Morgan fingerprint density at radius 3 is 2.38 bits per heavy atom. The SMILES string of the molecule is CS(=O)(=O)C(CCCc1ccccc1)(CCc1ccc(C(=O)O)s1)c1ccc[nH]1. The summed E-state index contributed by atoms with van der Waals surface area (Å²) in [6.07, 6.45) is 6.00. The van der Waals surface area contributed by atoms with Crippen molar-refractivity contribution in [3.05, 3.63) is 81.8 Å². The first-order valence-electron chi connectivity index (χ1n) is 9.51. The Kier molecular flexibility index (Phi) is 6.59. The molecule has 0 amide bonds. The van der Waals surface area contributed by atoms with Gasteiger partial charge in [-0.25, -0.2) is 13.2 Å². The number of thiophene rings is 1. The zero-order chi connectivity index (χ0) is 20.9. The van der Waals surface area contributed by atoms with Gasteiger partial charge in [-0.3, -0.25) is 0 Å². The van der Waals surface area contributed by atoms with Gasteiger partial charge in [0.2, 0.25) is 0 Å². The molecule has 7 heteroatoms. The van der Waals surface area contributed by atoms with Crippen molar-refractivity contribution in [2.75, 3.05) is 6.26 Å². The van der Waals surface area contributed by atoms with E-state index in [-0.39, 0.29) is 4.88 Å². The van der Waals surface area contributed by atoms with Crippen LogP contribution in [0.4, 0.5) is 0 Å². The number of H-pyrrole nitrogens is 1. The molecule has 0 aliphatic rings. The molecule has 0 aliphatic heterocycles. The molecule has 1 aromatic carbocycles. The zero-order valence-corrected chi connectivity index (χ0v) is 17.9. The fourth-order valence-electron chi connectivity index (χ4n) is 3.75. The Morgan fingerprint density at radius 1 is 1.03 bits per heavy atom. The minimum atomic E-state index is -3.43. The fourth-order valence-corrected chi connectivity index (χ4v) is 6.11. The van der Waals surface area contributed by atoms with Crippen LogP contribution in [0.3, 0.4) is 0 Å². The van der Waals surface area contributed by atoms with Crippen LogP contribution >= 0.6 is 11.3 Å². The van der Waals surface area contributed by atoms with Crippen molar-refractivity contribution in [3.8, 4) is 0 Å². The van der Waals surface area contributed by atoms with E-state index in [1.165, 1.54) is 23.2 Å². The Hall–Kier alpha value is -2.38. The molecule has 0 radical (unpaired) electrons. The molecule has 29 heavy (non-hydrogen) atoms. The topological polar surface area (TPSA) is 87.2 Å².